The molecule has 25 heavy (non-hydrogen) atoms. The molecule has 0 fully saturated rings. The summed E-state index contributed by atoms with van der Waals surface area (Å²) in [6, 6.07) is 17.0. The molecule has 0 unspecified atom stereocenters. The number of carbonyl (C=O) groups is 1. The van der Waals surface area contributed by atoms with Crippen LogP contribution in [0, 0.1) is 11.6 Å². The summed E-state index contributed by atoms with van der Waals surface area (Å²) < 4.78 is 5.89. The largest absolute Gasteiger partial charge is 0.479 e. The topological polar surface area (TPSA) is 55.0 Å². The Kier molecular flexibility index (Phi) is 5.05. The predicted molar refractivity (Wildman–Crippen MR) is 101 cm³/mol. The molecule has 0 aliphatic carbocycles. The lowest BCUT2D eigenvalue weighted by atomic mass is 10.0. The minimum Gasteiger partial charge on any atom is -0.479 e. The number of carbonyl (C=O) groups excluding carboxylic acids is 1. The average molecular weight is 350 g/mol. The van der Waals surface area contributed by atoms with Crippen LogP contribution in [0.5, 0.6) is 5.88 Å². The van der Waals surface area contributed by atoms with Crippen LogP contribution in [0.3, 0.4) is 0 Å². The van der Waals surface area contributed by atoms with Crippen molar-refractivity contribution in [2.75, 3.05) is 6.61 Å². The first-order valence-electron chi connectivity index (χ1n) is 8.04. The van der Waals surface area contributed by atoms with Crippen LogP contribution in [0.1, 0.15) is 28.4 Å². The molecule has 1 N–H and O–H groups in total. The van der Waals surface area contributed by atoms with Crippen molar-refractivity contribution >= 4 is 18.0 Å². The van der Waals surface area contributed by atoms with Crippen LogP contribution in [0.15, 0.2) is 54.6 Å². The van der Waals surface area contributed by atoms with Crippen LogP contribution >= 0.6 is 12.2 Å². The molecular weight excluding hydrogens is 332 g/mol. The Balaban J connectivity index is 2.11. The second-order valence-electron chi connectivity index (χ2n) is 5.59. The lowest BCUT2D eigenvalue weighted by Crippen LogP contribution is -2.10. The van der Waals surface area contributed by atoms with E-state index in [2.05, 4.69) is 9.97 Å². The molecule has 0 saturated carbocycles. The fourth-order valence-electron chi connectivity index (χ4n) is 2.49. The quantitative estimate of drug-likeness (QED) is 0.533. The summed E-state index contributed by atoms with van der Waals surface area (Å²) >= 11 is 5.41. The third-order valence-electron chi connectivity index (χ3n) is 3.76. The highest BCUT2D eigenvalue weighted by Gasteiger charge is 2.20. The normalized spacial score (nSPS) is 10.5. The van der Waals surface area contributed by atoms with Gasteiger partial charge >= 0.3 is 0 Å². The second kappa shape index (κ2) is 7.40. The van der Waals surface area contributed by atoms with Gasteiger partial charge in [0.15, 0.2) is 0 Å². The van der Waals surface area contributed by atoms with Crippen LogP contribution in [-0.2, 0) is 0 Å². The van der Waals surface area contributed by atoms with Crippen molar-refractivity contribution in [3.63, 3.8) is 0 Å². The maximum Gasteiger partial charge on any atom is 0.207 e. The highest BCUT2D eigenvalue weighted by Crippen LogP contribution is 2.25. The van der Waals surface area contributed by atoms with E-state index in [4.69, 9.17) is 17.0 Å². The number of rotatable bonds is 5. The van der Waals surface area contributed by atoms with Gasteiger partial charge in [0.05, 0.1) is 6.61 Å². The SMILES string of the molecule is CCOc1[nH]c(-c2ccccc2)nc(=S)c1C(=O)c1ccc(C)cc1. The van der Waals surface area contributed by atoms with E-state index >= 15 is 0 Å². The molecule has 0 aliphatic rings. The third kappa shape index (κ3) is 3.67. The molecule has 3 rings (SSSR count). The van der Waals surface area contributed by atoms with Crippen LogP contribution < -0.4 is 4.74 Å². The lowest BCUT2D eigenvalue weighted by Gasteiger charge is -2.12. The maximum absolute atomic E-state index is 12.9. The van der Waals surface area contributed by atoms with Crippen molar-refractivity contribution in [2.24, 2.45) is 0 Å². The monoisotopic (exact) mass is 350 g/mol. The zero-order valence-corrected chi connectivity index (χ0v) is 14.9. The molecule has 5 heteroatoms. The van der Waals surface area contributed by atoms with Gasteiger partial charge in [-0.05, 0) is 13.8 Å². The second-order valence-corrected chi connectivity index (χ2v) is 5.98. The molecule has 0 bridgehead atoms. The average Bonchev–Trinajstić information content (AvgIpc) is 2.62. The van der Waals surface area contributed by atoms with Crippen molar-refractivity contribution in [1.29, 1.82) is 0 Å². The van der Waals surface area contributed by atoms with Gasteiger partial charge in [0.1, 0.15) is 16.0 Å². The number of nitrogens with zero attached hydrogens (tertiary/aromatic N) is 1. The summed E-state index contributed by atoms with van der Waals surface area (Å²) in [5.41, 5.74) is 2.81. The molecule has 4 nitrogen and oxygen atoms in total. The van der Waals surface area contributed by atoms with E-state index in [1.54, 1.807) is 12.1 Å². The molecule has 3 aromatic rings. The van der Waals surface area contributed by atoms with Gasteiger partial charge < -0.3 is 9.72 Å². The number of ketones is 1. The first kappa shape index (κ1) is 17.0. The summed E-state index contributed by atoms with van der Waals surface area (Å²) in [6.45, 7) is 4.25. The summed E-state index contributed by atoms with van der Waals surface area (Å²) in [5, 5.41) is 0. The summed E-state index contributed by atoms with van der Waals surface area (Å²) in [6.07, 6.45) is 0. The summed E-state index contributed by atoms with van der Waals surface area (Å²) in [7, 11) is 0. The molecule has 0 atom stereocenters. The number of aromatic amines is 1. The summed E-state index contributed by atoms with van der Waals surface area (Å²) in [4.78, 5) is 20.4. The maximum atomic E-state index is 12.9. The van der Waals surface area contributed by atoms with Gasteiger partial charge in [0, 0.05) is 11.1 Å². The highest BCUT2D eigenvalue weighted by atomic mass is 32.1. The Hall–Kier alpha value is -2.79. The minimum atomic E-state index is -0.197. The number of aromatic nitrogens is 2. The minimum absolute atomic E-state index is 0.197. The Morgan fingerprint density at radius 1 is 1.12 bits per heavy atom. The number of hydrogen-bond acceptors (Lipinski definition) is 4. The molecule has 0 saturated heterocycles. The van der Waals surface area contributed by atoms with Crippen molar-refractivity contribution < 1.29 is 9.53 Å². The van der Waals surface area contributed by atoms with E-state index in [1.165, 1.54) is 0 Å². The smallest absolute Gasteiger partial charge is 0.207 e. The molecular formula is C20H18N2O2S. The van der Waals surface area contributed by atoms with Gasteiger partial charge in [0.25, 0.3) is 0 Å². The van der Waals surface area contributed by atoms with Gasteiger partial charge in [-0.2, -0.15) is 0 Å². The first-order valence-corrected chi connectivity index (χ1v) is 8.45. The number of hydrogen-bond donors (Lipinski definition) is 1. The van der Waals surface area contributed by atoms with Gasteiger partial charge in [0.2, 0.25) is 11.7 Å². The number of nitrogens with one attached hydrogen (secondary N) is 1. The molecule has 0 radical (unpaired) electrons. The Morgan fingerprint density at radius 2 is 1.80 bits per heavy atom. The Morgan fingerprint density at radius 3 is 2.44 bits per heavy atom. The predicted octanol–water partition coefficient (Wildman–Crippen LogP) is 4.74. The van der Waals surface area contributed by atoms with E-state index in [9.17, 15) is 4.79 Å². The number of aryl methyl sites for hydroxylation is 1. The number of benzene rings is 2. The fraction of sp³-hybridized carbons (Fsp3) is 0.150. The van der Waals surface area contributed by atoms with Gasteiger partial charge in [-0.25, -0.2) is 4.98 Å². The van der Waals surface area contributed by atoms with Gasteiger partial charge in [-0.3, -0.25) is 4.79 Å². The molecule has 1 heterocycles. The zero-order chi connectivity index (χ0) is 17.8. The fourth-order valence-corrected chi connectivity index (χ4v) is 2.76. The standard InChI is InChI=1S/C20H18N2O2S/c1-3-24-19-16(17(23)14-11-9-13(2)10-12-14)20(25)22-18(21-19)15-7-5-4-6-8-15/h4-12H,3H2,1-2H3,(H,21,22,25). The van der Waals surface area contributed by atoms with E-state index in [0.29, 0.717) is 29.4 Å². The van der Waals surface area contributed by atoms with E-state index in [1.807, 2.05) is 56.3 Å². The Bertz CT molecular complexity index is 948. The third-order valence-corrected chi connectivity index (χ3v) is 4.06. The molecule has 0 aliphatic heterocycles. The van der Waals surface area contributed by atoms with Crippen LogP contribution in [-0.4, -0.2) is 22.4 Å². The zero-order valence-electron chi connectivity index (χ0n) is 14.1. The number of ether oxygens (including phenoxy) is 1. The first-order chi connectivity index (χ1) is 12.1. The molecule has 0 amide bonds. The molecule has 2 aromatic carbocycles. The van der Waals surface area contributed by atoms with Crippen molar-refractivity contribution in [3.05, 3.63) is 75.9 Å². The van der Waals surface area contributed by atoms with Crippen molar-refractivity contribution in [3.8, 4) is 17.3 Å². The number of H-pyrrole nitrogens is 1. The van der Waals surface area contributed by atoms with Crippen LogP contribution in [0.25, 0.3) is 11.4 Å². The molecule has 1 aromatic heterocycles. The van der Waals surface area contributed by atoms with Crippen LogP contribution in [0.2, 0.25) is 0 Å². The van der Waals surface area contributed by atoms with E-state index in [-0.39, 0.29) is 10.4 Å². The van der Waals surface area contributed by atoms with Gasteiger partial charge in [-0.15, -0.1) is 0 Å². The van der Waals surface area contributed by atoms with Crippen LogP contribution in [0.4, 0.5) is 0 Å². The molecule has 126 valence electrons. The lowest BCUT2D eigenvalue weighted by molar-refractivity contribution is 0.103. The Labute approximate surface area is 151 Å². The molecule has 0 spiro atoms. The van der Waals surface area contributed by atoms with E-state index < -0.39 is 0 Å². The summed E-state index contributed by atoms with van der Waals surface area (Å²) in [5.74, 6) is 0.734. The highest BCUT2D eigenvalue weighted by molar-refractivity contribution is 7.71. The van der Waals surface area contributed by atoms with Crippen molar-refractivity contribution in [1.82, 2.24) is 9.97 Å². The van der Waals surface area contributed by atoms with Crippen molar-refractivity contribution in [2.45, 2.75) is 13.8 Å². The van der Waals surface area contributed by atoms with E-state index in [0.717, 1.165) is 11.1 Å². The van der Waals surface area contributed by atoms with Gasteiger partial charge in [-0.1, -0.05) is 72.4 Å².